The summed E-state index contributed by atoms with van der Waals surface area (Å²) in [4.78, 5) is 37.8. The van der Waals surface area contributed by atoms with Gasteiger partial charge in [-0.25, -0.2) is 0 Å². The fraction of sp³-hybridized carbons (Fsp3) is 0.929. The maximum absolute atomic E-state index is 13.1. The molecule has 0 aliphatic carbocycles. The molecule has 0 bridgehead atoms. The Labute approximate surface area is 327 Å². The highest BCUT2D eigenvalue weighted by Crippen LogP contribution is 2.54. The van der Waals surface area contributed by atoms with E-state index in [0.29, 0.717) is 32.1 Å². The van der Waals surface area contributed by atoms with Crippen molar-refractivity contribution in [1.82, 2.24) is 0 Å². The number of esters is 2. The SMILES string of the molecule is CCCCC(=O)O[C@H]1C[C@]2(CC[C@@](C)([C@H]3CC[C@@](C)(C4O[C@@H]([C@H]5O[C@@](O)(CO)[C@H](C)C[C@@H]5C)C[C@@H]4C)O3)O2)O[C@H]([C@@H](C)[C@@H](OC(=O)CC)[C@@H](C)C(=O)O)[C@@H]1C. The molecule has 13 nitrogen and oxygen atoms in total. The lowest BCUT2D eigenvalue weighted by Crippen LogP contribution is -2.57. The maximum atomic E-state index is 13.1. The van der Waals surface area contributed by atoms with Crippen molar-refractivity contribution in [3.05, 3.63) is 0 Å². The van der Waals surface area contributed by atoms with Crippen LogP contribution in [0.25, 0.3) is 0 Å². The van der Waals surface area contributed by atoms with Gasteiger partial charge in [-0.1, -0.05) is 54.9 Å². The van der Waals surface area contributed by atoms with Gasteiger partial charge in [0.2, 0.25) is 0 Å². The van der Waals surface area contributed by atoms with Crippen molar-refractivity contribution in [2.24, 2.45) is 35.5 Å². The molecule has 5 aliphatic rings. The minimum absolute atomic E-state index is 0.102. The molecule has 1 spiro atoms. The lowest BCUT2D eigenvalue weighted by Gasteiger charge is -2.49. The van der Waals surface area contributed by atoms with Gasteiger partial charge in [0.25, 0.3) is 0 Å². The quantitative estimate of drug-likeness (QED) is 0.177. The van der Waals surface area contributed by atoms with Gasteiger partial charge in [-0.3, -0.25) is 14.4 Å². The van der Waals surface area contributed by atoms with Crippen LogP contribution in [0.2, 0.25) is 0 Å². The zero-order chi connectivity index (χ0) is 40.7. The van der Waals surface area contributed by atoms with Crippen molar-refractivity contribution in [2.45, 2.75) is 205 Å². The zero-order valence-corrected chi connectivity index (χ0v) is 34.9. The van der Waals surface area contributed by atoms with Gasteiger partial charge < -0.3 is 48.5 Å². The number of rotatable bonds is 14. The molecule has 0 radical (unpaired) electrons. The van der Waals surface area contributed by atoms with E-state index in [9.17, 15) is 29.7 Å². The Hall–Kier alpha value is -1.87. The molecule has 0 aromatic heterocycles. The minimum atomic E-state index is -1.59. The molecular formula is C42H70O13. The minimum Gasteiger partial charge on any atom is -0.481 e. The molecule has 13 heteroatoms. The standard InChI is InChI=1S/C42H70O13/c1-11-13-14-33(45)49-30-21-41(53-36(26(30)6)27(7)35(28(8)38(46)47)51-32(44)12-2)18-17-39(9,55-41)31-15-16-40(10,52-31)37-24(4)20-29(50-37)34-23(3)19-25(5)42(48,22-43)54-34/h23-31,34-37,43,48H,11-22H2,1-10H3,(H,46,47)/t23-,24-,25+,26+,27-,28+,29+,30-,31+,34-,35+,36-,37?,39-,40-,41+,42-/m0/s1. The van der Waals surface area contributed by atoms with Gasteiger partial charge in [0, 0.05) is 43.4 Å². The van der Waals surface area contributed by atoms with Crippen molar-refractivity contribution in [3.8, 4) is 0 Å². The fourth-order valence-electron chi connectivity index (χ4n) is 10.3. The molecule has 5 rings (SSSR count). The summed E-state index contributed by atoms with van der Waals surface area (Å²) in [6.45, 7) is 18.9. The van der Waals surface area contributed by atoms with Crippen LogP contribution in [0.1, 0.15) is 140 Å². The molecule has 5 aliphatic heterocycles. The molecule has 55 heavy (non-hydrogen) atoms. The van der Waals surface area contributed by atoms with Crippen molar-refractivity contribution < 1.29 is 62.9 Å². The molecule has 0 saturated carbocycles. The number of hydrogen-bond donors (Lipinski definition) is 3. The fourth-order valence-corrected chi connectivity index (χ4v) is 10.3. The Kier molecular flexibility index (Phi) is 13.8. The third kappa shape index (κ3) is 9.08. The van der Waals surface area contributed by atoms with Crippen molar-refractivity contribution >= 4 is 17.9 Å². The number of ether oxygens (including phenoxy) is 7. The van der Waals surface area contributed by atoms with E-state index in [1.165, 1.54) is 6.92 Å². The van der Waals surface area contributed by atoms with Gasteiger partial charge in [0.15, 0.2) is 11.6 Å². The summed E-state index contributed by atoms with van der Waals surface area (Å²) in [6, 6.07) is 0. The highest BCUT2D eigenvalue weighted by Gasteiger charge is 2.62. The maximum Gasteiger partial charge on any atom is 0.309 e. The van der Waals surface area contributed by atoms with Crippen LogP contribution in [0.15, 0.2) is 0 Å². The van der Waals surface area contributed by atoms with E-state index in [-0.39, 0.29) is 60.5 Å². The van der Waals surface area contributed by atoms with E-state index in [1.54, 1.807) is 6.92 Å². The summed E-state index contributed by atoms with van der Waals surface area (Å²) < 4.78 is 45.9. The normalized spacial score (nSPS) is 44.9. The average Bonchev–Trinajstić information content (AvgIpc) is 3.84. The number of carboxylic acids is 1. The van der Waals surface area contributed by atoms with Crippen LogP contribution in [0, 0.1) is 35.5 Å². The number of carbonyl (C=O) groups excluding carboxylic acids is 2. The first kappa shape index (κ1) is 44.2. The van der Waals surface area contributed by atoms with Crippen LogP contribution in [0.3, 0.4) is 0 Å². The number of aliphatic hydroxyl groups is 2. The molecule has 0 aromatic rings. The Morgan fingerprint density at radius 2 is 1.62 bits per heavy atom. The summed E-state index contributed by atoms with van der Waals surface area (Å²) in [5.74, 6) is -6.39. The summed E-state index contributed by atoms with van der Waals surface area (Å²) in [5.41, 5.74) is -1.36. The van der Waals surface area contributed by atoms with Crippen LogP contribution in [0.5, 0.6) is 0 Å². The lowest BCUT2D eigenvalue weighted by atomic mass is 9.78. The van der Waals surface area contributed by atoms with E-state index < -0.39 is 71.5 Å². The molecule has 316 valence electrons. The van der Waals surface area contributed by atoms with Crippen molar-refractivity contribution in [2.75, 3.05) is 6.61 Å². The highest BCUT2D eigenvalue weighted by atomic mass is 16.7. The van der Waals surface area contributed by atoms with E-state index in [1.807, 2.05) is 27.7 Å². The first-order chi connectivity index (χ1) is 25.7. The predicted octanol–water partition coefficient (Wildman–Crippen LogP) is 5.93. The van der Waals surface area contributed by atoms with E-state index in [4.69, 9.17) is 33.2 Å². The van der Waals surface area contributed by atoms with Gasteiger partial charge in [-0.15, -0.1) is 0 Å². The molecule has 5 fully saturated rings. The molecule has 0 amide bonds. The number of carbonyl (C=O) groups is 3. The third-order valence-electron chi connectivity index (χ3n) is 13.9. The van der Waals surface area contributed by atoms with E-state index >= 15 is 0 Å². The second-order valence-electron chi connectivity index (χ2n) is 18.4. The van der Waals surface area contributed by atoms with Crippen LogP contribution in [0.4, 0.5) is 0 Å². The second-order valence-corrected chi connectivity index (χ2v) is 18.4. The number of aliphatic carboxylic acids is 1. The first-order valence-electron chi connectivity index (χ1n) is 21.1. The number of aliphatic hydroxyl groups excluding tert-OH is 1. The Morgan fingerprint density at radius 3 is 2.25 bits per heavy atom. The number of carboxylic acid groups (broad SMARTS) is 1. The van der Waals surface area contributed by atoms with Gasteiger partial charge in [-0.2, -0.15) is 0 Å². The Bertz CT molecular complexity index is 1360. The summed E-state index contributed by atoms with van der Waals surface area (Å²) in [7, 11) is 0. The summed E-state index contributed by atoms with van der Waals surface area (Å²) >= 11 is 0. The molecule has 5 heterocycles. The average molecular weight is 783 g/mol. The Morgan fingerprint density at radius 1 is 0.909 bits per heavy atom. The zero-order valence-electron chi connectivity index (χ0n) is 34.9. The van der Waals surface area contributed by atoms with Crippen molar-refractivity contribution in [1.29, 1.82) is 0 Å². The van der Waals surface area contributed by atoms with Crippen LogP contribution in [-0.2, 0) is 47.5 Å². The largest absolute Gasteiger partial charge is 0.481 e. The molecular weight excluding hydrogens is 712 g/mol. The van der Waals surface area contributed by atoms with Gasteiger partial charge in [-0.05, 0) is 71.1 Å². The lowest BCUT2D eigenvalue weighted by molar-refractivity contribution is -0.336. The summed E-state index contributed by atoms with van der Waals surface area (Å²) in [5, 5.41) is 31.0. The monoisotopic (exact) mass is 782 g/mol. The molecule has 3 N–H and O–H groups in total. The van der Waals surface area contributed by atoms with Crippen LogP contribution >= 0.6 is 0 Å². The van der Waals surface area contributed by atoms with Crippen LogP contribution < -0.4 is 0 Å². The molecule has 0 aromatic carbocycles. The summed E-state index contributed by atoms with van der Waals surface area (Å²) in [6.07, 6.45) is 3.04. The molecule has 17 atom stereocenters. The molecule has 5 saturated heterocycles. The smallest absolute Gasteiger partial charge is 0.309 e. The van der Waals surface area contributed by atoms with Crippen LogP contribution in [-0.4, -0.2) is 105 Å². The second kappa shape index (κ2) is 17.2. The van der Waals surface area contributed by atoms with Gasteiger partial charge in [0.05, 0.1) is 54.2 Å². The molecule has 1 unspecified atom stereocenters. The van der Waals surface area contributed by atoms with Gasteiger partial charge in [0.1, 0.15) is 12.2 Å². The topological polar surface area (TPSA) is 177 Å². The van der Waals surface area contributed by atoms with Gasteiger partial charge >= 0.3 is 17.9 Å². The predicted molar refractivity (Wildman–Crippen MR) is 200 cm³/mol. The Balaban J connectivity index is 1.34. The number of hydrogen-bond acceptors (Lipinski definition) is 12. The van der Waals surface area contributed by atoms with Crippen molar-refractivity contribution in [3.63, 3.8) is 0 Å². The first-order valence-corrected chi connectivity index (χ1v) is 21.1. The van der Waals surface area contributed by atoms with E-state index in [0.717, 1.165) is 32.1 Å². The third-order valence-corrected chi connectivity index (χ3v) is 13.9. The number of unbranched alkanes of at least 4 members (excludes halogenated alkanes) is 1. The highest BCUT2D eigenvalue weighted by molar-refractivity contribution is 5.73. The van der Waals surface area contributed by atoms with E-state index in [2.05, 4.69) is 27.7 Å².